The molecule has 0 aliphatic rings. The summed E-state index contributed by atoms with van der Waals surface area (Å²) in [7, 11) is 1.49. The number of hydrogen-bond donors (Lipinski definition) is 0. The Balaban J connectivity index is 2.65. The summed E-state index contributed by atoms with van der Waals surface area (Å²) in [4.78, 5) is 0.686. The Morgan fingerprint density at radius 1 is 1.38 bits per heavy atom. The molecule has 0 bridgehead atoms. The van der Waals surface area contributed by atoms with E-state index < -0.39 is 12.4 Å². The van der Waals surface area contributed by atoms with Crippen LogP contribution in [0, 0.1) is 0 Å². The zero-order valence-corrected chi connectivity index (χ0v) is 9.57. The molecule has 6 heteroatoms. The maximum absolute atomic E-state index is 12.3. The SMILES string of the molecule is C=C(CSc1ccccc1OC)[B-](F)(F)F. The zero-order chi connectivity index (χ0) is 12.2. The Hall–Kier alpha value is -1.04. The van der Waals surface area contributed by atoms with E-state index in [4.69, 9.17) is 4.74 Å². The fraction of sp³-hybridized carbons (Fsp3) is 0.200. The second-order valence-corrected chi connectivity index (χ2v) is 4.19. The van der Waals surface area contributed by atoms with Crippen LogP contribution in [-0.4, -0.2) is 19.8 Å². The monoisotopic (exact) mass is 247 g/mol. The van der Waals surface area contributed by atoms with Crippen LogP contribution >= 0.6 is 11.8 Å². The molecule has 0 radical (unpaired) electrons. The normalized spacial score (nSPS) is 11.2. The largest absolute Gasteiger partial charge is 0.505 e. The van der Waals surface area contributed by atoms with Gasteiger partial charge in [-0.25, -0.2) is 0 Å². The lowest BCUT2D eigenvalue weighted by Gasteiger charge is -2.17. The minimum atomic E-state index is -4.94. The predicted octanol–water partition coefficient (Wildman–Crippen LogP) is 3.73. The first-order valence-electron chi connectivity index (χ1n) is 4.58. The van der Waals surface area contributed by atoms with Gasteiger partial charge in [0.1, 0.15) is 5.75 Å². The summed E-state index contributed by atoms with van der Waals surface area (Å²) in [6.07, 6.45) is 0. The molecule has 88 valence electrons. The molecule has 1 rings (SSSR count). The predicted molar refractivity (Wildman–Crippen MR) is 61.9 cm³/mol. The first-order chi connectivity index (χ1) is 7.45. The molecule has 1 aromatic rings. The molecule has 0 aliphatic heterocycles. The number of methoxy groups -OCH3 is 1. The lowest BCUT2D eigenvalue weighted by molar-refractivity contribution is 0.405. The molecule has 0 aliphatic carbocycles. The molecule has 1 aromatic carbocycles. The van der Waals surface area contributed by atoms with E-state index >= 15 is 0 Å². The summed E-state index contributed by atoms with van der Waals surface area (Å²) >= 11 is 1.08. The summed E-state index contributed by atoms with van der Waals surface area (Å²) in [6, 6.07) is 6.96. The first kappa shape index (κ1) is 13.0. The van der Waals surface area contributed by atoms with Crippen molar-refractivity contribution in [1.82, 2.24) is 0 Å². The van der Waals surface area contributed by atoms with Crippen molar-refractivity contribution in [3.8, 4) is 5.75 Å². The fourth-order valence-electron chi connectivity index (χ4n) is 1.00. The van der Waals surface area contributed by atoms with Gasteiger partial charge in [-0.15, -0.1) is 23.8 Å². The van der Waals surface area contributed by atoms with Crippen LogP contribution < -0.4 is 4.74 Å². The number of para-hydroxylation sites is 1. The summed E-state index contributed by atoms with van der Waals surface area (Å²) < 4.78 is 41.8. The number of rotatable bonds is 5. The van der Waals surface area contributed by atoms with Crippen molar-refractivity contribution in [2.75, 3.05) is 12.9 Å². The number of thioether (sulfide) groups is 1. The van der Waals surface area contributed by atoms with Crippen molar-refractivity contribution in [3.63, 3.8) is 0 Å². The highest BCUT2D eigenvalue weighted by Gasteiger charge is 2.26. The number of benzene rings is 1. The molecule has 0 saturated heterocycles. The molecule has 0 N–H and O–H groups in total. The van der Waals surface area contributed by atoms with Gasteiger partial charge >= 0.3 is 6.98 Å². The Kier molecular flexibility index (Phi) is 4.35. The van der Waals surface area contributed by atoms with Crippen LogP contribution in [0.3, 0.4) is 0 Å². The van der Waals surface area contributed by atoms with E-state index in [0.717, 1.165) is 11.8 Å². The number of hydrogen-bond acceptors (Lipinski definition) is 2. The van der Waals surface area contributed by atoms with E-state index in [1.165, 1.54) is 7.11 Å². The van der Waals surface area contributed by atoms with Gasteiger partial charge in [0.2, 0.25) is 0 Å². The second kappa shape index (κ2) is 5.34. The summed E-state index contributed by atoms with van der Waals surface area (Å²) in [5, 5.41) is 0. The van der Waals surface area contributed by atoms with Gasteiger partial charge in [-0.3, -0.25) is 0 Å². The zero-order valence-electron chi connectivity index (χ0n) is 8.75. The average molecular weight is 247 g/mol. The molecule has 0 saturated carbocycles. The minimum absolute atomic E-state index is 0.163. The third-order valence-electron chi connectivity index (χ3n) is 1.95. The van der Waals surface area contributed by atoms with Crippen molar-refractivity contribution in [1.29, 1.82) is 0 Å². The van der Waals surface area contributed by atoms with Gasteiger partial charge in [0.25, 0.3) is 0 Å². The Morgan fingerprint density at radius 3 is 2.56 bits per heavy atom. The summed E-state index contributed by atoms with van der Waals surface area (Å²) in [5.74, 6) is 0.416. The highest BCUT2D eigenvalue weighted by Crippen LogP contribution is 2.32. The van der Waals surface area contributed by atoms with Crippen molar-refractivity contribution in [2.24, 2.45) is 0 Å². The molecular weight excluding hydrogens is 236 g/mol. The van der Waals surface area contributed by atoms with Gasteiger partial charge < -0.3 is 17.7 Å². The van der Waals surface area contributed by atoms with Gasteiger partial charge in [-0.1, -0.05) is 12.1 Å². The Labute approximate surface area is 96.7 Å². The smallest absolute Gasteiger partial charge is 0.496 e. The Morgan fingerprint density at radius 2 is 2.00 bits per heavy atom. The quantitative estimate of drug-likeness (QED) is 0.579. The standard InChI is InChI=1S/C10H11BF3OS/c1-8(11(12,13)14)7-16-10-6-4-3-5-9(10)15-2/h3-6H,1,7H2,2H3/q-1. The second-order valence-electron chi connectivity index (χ2n) is 3.17. The molecule has 0 amide bonds. The molecular formula is C10H11BF3OS-. The van der Waals surface area contributed by atoms with E-state index in [1.807, 2.05) is 0 Å². The van der Waals surface area contributed by atoms with Gasteiger partial charge in [0.05, 0.1) is 7.11 Å². The first-order valence-corrected chi connectivity index (χ1v) is 5.57. The average Bonchev–Trinajstić information content (AvgIpc) is 2.24. The van der Waals surface area contributed by atoms with Crippen LogP contribution in [0.1, 0.15) is 0 Å². The topological polar surface area (TPSA) is 9.23 Å². The van der Waals surface area contributed by atoms with Crippen LogP contribution in [0.4, 0.5) is 12.9 Å². The summed E-state index contributed by atoms with van der Waals surface area (Å²) in [5.41, 5.74) is -0.684. The molecule has 1 nitrogen and oxygen atoms in total. The van der Waals surface area contributed by atoms with Crippen LogP contribution in [0.15, 0.2) is 41.2 Å². The highest BCUT2D eigenvalue weighted by molar-refractivity contribution is 7.99. The van der Waals surface area contributed by atoms with Crippen LogP contribution in [0.2, 0.25) is 0 Å². The maximum Gasteiger partial charge on any atom is 0.505 e. The molecule has 0 aromatic heterocycles. The van der Waals surface area contributed by atoms with Crippen molar-refractivity contribution in [3.05, 3.63) is 36.3 Å². The third-order valence-corrected chi connectivity index (χ3v) is 3.11. The third kappa shape index (κ3) is 3.52. The molecule has 0 atom stereocenters. The lowest BCUT2D eigenvalue weighted by Crippen LogP contribution is -2.20. The van der Waals surface area contributed by atoms with Crippen molar-refractivity contribution < 1.29 is 17.7 Å². The van der Waals surface area contributed by atoms with E-state index in [0.29, 0.717) is 10.6 Å². The van der Waals surface area contributed by atoms with E-state index in [2.05, 4.69) is 6.58 Å². The van der Waals surface area contributed by atoms with Gasteiger partial charge in [-0.05, 0) is 17.9 Å². The van der Waals surface area contributed by atoms with Crippen molar-refractivity contribution >= 4 is 18.7 Å². The fourth-order valence-corrected chi connectivity index (χ4v) is 2.00. The van der Waals surface area contributed by atoms with Crippen LogP contribution in [-0.2, 0) is 0 Å². The molecule has 16 heavy (non-hydrogen) atoms. The van der Waals surface area contributed by atoms with Crippen LogP contribution in [0.25, 0.3) is 0 Å². The van der Waals surface area contributed by atoms with Gasteiger partial charge in [-0.2, -0.15) is 0 Å². The summed E-state index contributed by atoms with van der Waals surface area (Å²) in [6.45, 7) is -1.90. The molecule has 0 fully saturated rings. The molecule has 0 unspecified atom stereocenters. The minimum Gasteiger partial charge on any atom is -0.496 e. The lowest BCUT2D eigenvalue weighted by atomic mass is 9.82. The van der Waals surface area contributed by atoms with Crippen LogP contribution in [0.5, 0.6) is 5.75 Å². The van der Waals surface area contributed by atoms with Crippen molar-refractivity contribution in [2.45, 2.75) is 4.90 Å². The van der Waals surface area contributed by atoms with Gasteiger partial charge in [0, 0.05) is 4.90 Å². The Bertz CT molecular complexity index is 379. The van der Waals surface area contributed by atoms with E-state index in [1.54, 1.807) is 24.3 Å². The number of halogens is 3. The van der Waals surface area contributed by atoms with Gasteiger partial charge in [0.15, 0.2) is 0 Å². The maximum atomic E-state index is 12.3. The molecule has 0 spiro atoms. The van der Waals surface area contributed by atoms with E-state index in [-0.39, 0.29) is 5.75 Å². The van der Waals surface area contributed by atoms with E-state index in [9.17, 15) is 12.9 Å². The number of ether oxygens (including phenoxy) is 1. The molecule has 0 heterocycles. The highest BCUT2D eigenvalue weighted by atomic mass is 32.2.